The van der Waals surface area contributed by atoms with E-state index in [0.717, 1.165) is 19.3 Å². The smallest absolute Gasteiger partial charge is 0.255 e. The molecule has 2 unspecified atom stereocenters. The molecule has 5 heteroatoms. The Morgan fingerprint density at radius 3 is 2.68 bits per heavy atom. The van der Waals surface area contributed by atoms with Crippen LogP contribution in [0, 0.1) is 0 Å². The molecule has 0 bridgehead atoms. The quantitative estimate of drug-likeness (QED) is 0.860. The van der Waals surface area contributed by atoms with E-state index in [4.69, 9.17) is 15.2 Å². The van der Waals surface area contributed by atoms with E-state index in [0.29, 0.717) is 17.1 Å². The van der Waals surface area contributed by atoms with Gasteiger partial charge in [0.15, 0.2) is 11.5 Å². The molecule has 19 heavy (non-hydrogen) atoms. The summed E-state index contributed by atoms with van der Waals surface area (Å²) in [6.45, 7) is 0. The number of carbonyl (C=O) groups excluding carboxylic acids is 1. The summed E-state index contributed by atoms with van der Waals surface area (Å²) in [5, 5.41) is 2.97. The first-order chi connectivity index (χ1) is 9.17. The van der Waals surface area contributed by atoms with Gasteiger partial charge in [-0.1, -0.05) is 6.07 Å². The van der Waals surface area contributed by atoms with Gasteiger partial charge in [-0.05, 0) is 31.4 Å². The zero-order chi connectivity index (χ0) is 13.8. The Hall–Kier alpha value is -1.75. The second-order valence-electron chi connectivity index (χ2n) is 4.72. The Kier molecular flexibility index (Phi) is 4.27. The number of nitrogens with one attached hydrogen (secondary N) is 1. The molecule has 104 valence electrons. The summed E-state index contributed by atoms with van der Waals surface area (Å²) in [4.78, 5) is 12.3. The highest BCUT2D eigenvalue weighted by Gasteiger charge is 2.27. The van der Waals surface area contributed by atoms with Crippen LogP contribution in [0.1, 0.15) is 29.6 Å². The third kappa shape index (κ3) is 2.81. The van der Waals surface area contributed by atoms with Crippen molar-refractivity contribution in [2.75, 3.05) is 14.2 Å². The summed E-state index contributed by atoms with van der Waals surface area (Å²) >= 11 is 0. The van der Waals surface area contributed by atoms with Crippen molar-refractivity contribution in [1.29, 1.82) is 0 Å². The van der Waals surface area contributed by atoms with Crippen molar-refractivity contribution in [3.05, 3.63) is 23.8 Å². The van der Waals surface area contributed by atoms with E-state index < -0.39 is 0 Å². The monoisotopic (exact) mass is 264 g/mol. The first-order valence-electron chi connectivity index (χ1n) is 6.44. The predicted molar refractivity (Wildman–Crippen MR) is 72.6 cm³/mol. The SMILES string of the molecule is COc1cccc(C(=O)NC2CCCC2N)c1OC. The predicted octanol–water partition coefficient (Wildman–Crippen LogP) is 1.31. The fourth-order valence-electron chi connectivity index (χ4n) is 2.48. The second kappa shape index (κ2) is 5.93. The van der Waals surface area contributed by atoms with Gasteiger partial charge in [0.2, 0.25) is 0 Å². The molecule has 1 aliphatic carbocycles. The molecule has 2 atom stereocenters. The number of hydrogen-bond donors (Lipinski definition) is 2. The van der Waals surface area contributed by atoms with Crippen LogP contribution in [0.5, 0.6) is 11.5 Å². The molecule has 1 aromatic rings. The normalized spacial score (nSPS) is 22.1. The molecule has 0 saturated heterocycles. The van der Waals surface area contributed by atoms with Gasteiger partial charge in [0.05, 0.1) is 19.8 Å². The van der Waals surface area contributed by atoms with Gasteiger partial charge in [0, 0.05) is 12.1 Å². The maximum Gasteiger partial charge on any atom is 0.255 e. The summed E-state index contributed by atoms with van der Waals surface area (Å²) in [6, 6.07) is 5.34. The van der Waals surface area contributed by atoms with E-state index in [1.54, 1.807) is 25.3 Å². The Bertz CT molecular complexity index is 462. The van der Waals surface area contributed by atoms with Crippen LogP contribution in [0.25, 0.3) is 0 Å². The van der Waals surface area contributed by atoms with Crippen LogP contribution >= 0.6 is 0 Å². The number of hydrogen-bond acceptors (Lipinski definition) is 4. The third-order valence-electron chi connectivity index (χ3n) is 3.53. The number of nitrogens with two attached hydrogens (primary N) is 1. The number of amides is 1. The minimum Gasteiger partial charge on any atom is -0.493 e. The molecule has 1 saturated carbocycles. The molecule has 1 amide bonds. The van der Waals surface area contributed by atoms with Gasteiger partial charge in [-0.2, -0.15) is 0 Å². The standard InChI is InChI=1S/C14H20N2O3/c1-18-12-8-3-5-9(13(12)19-2)14(17)16-11-7-4-6-10(11)15/h3,5,8,10-11H,4,6-7,15H2,1-2H3,(H,16,17). The van der Waals surface area contributed by atoms with Crippen LogP contribution in [0.3, 0.4) is 0 Å². The highest BCUT2D eigenvalue weighted by molar-refractivity contribution is 5.98. The summed E-state index contributed by atoms with van der Waals surface area (Å²) in [5.74, 6) is 0.832. The van der Waals surface area contributed by atoms with Gasteiger partial charge in [0.1, 0.15) is 0 Å². The van der Waals surface area contributed by atoms with Crippen LogP contribution in [0.15, 0.2) is 18.2 Å². The Morgan fingerprint density at radius 1 is 1.32 bits per heavy atom. The molecular weight excluding hydrogens is 244 g/mol. The minimum absolute atomic E-state index is 0.0422. The minimum atomic E-state index is -0.168. The largest absolute Gasteiger partial charge is 0.493 e. The number of rotatable bonds is 4. The lowest BCUT2D eigenvalue weighted by molar-refractivity contribution is 0.0931. The molecular formula is C14H20N2O3. The topological polar surface area (TPSA) is 73.6 Å². The van der Waals surface area contributed by atoms with E-state index in [2.05, 4.69) is 5.32 Å². The Balaban J connectivity index is 2.18. The van der Waals surface area contributed by atoms with E-state index in [1.165, 1.54) is 7.11 Å². The van der Waals surface area contributed by atoms with Crippen molar-refractivity contribution in [2.45, 2.75) is 31.3 Å². The van der Waals surface area contributed by atoms with Gasteiger partial charge in [0.25, 0.3) is 5.91 Å². The van der Waals surface area contributed by atoms with Gasteiger partial charge in [-0.25, -0.2) is 0 Å². The first kappa shape index (κ1) is 13.7. The highest BCUT2D eigenvalue weighted by atomic mass is 16.5. The van der Waals surface area contributed by atoms with Crippen molar-refractivity contribution in [1.82, 2.24) is 5.32 Å². The zero-order valence-corrected chi connectivity index (χ0v) is 11.3. The summed E-state index contributed by atoms with van der Waals surface area (Å²) in [5.41, 5.74) is 6.43. The van der Waals surface area contributed by atoms with E-state index in [1.807, 2.05) is 0 Å². The molecule has 3 N–H and O–H groups in total. The van der Waals surface area contributed by atoms with Gasteiger partial charge >= 0.3 is 0 Å². The number of para-hydroxylation sites is 1. The van der Waals surface area contributed by atoms with Crippen molar-refractivity contribution < 1.29 is 14.3 Å². The Labute approximate surface area is 113 Å². The van der Waals surface area contributed by atoms with Gasteiger partial charge in [-0.15, -0.1) is 0 Å². The molecule has 1 aromatic carbocycles. The van der Waals surface area contributed by atoms with Crippen molar-refractivity contribution >= 4 is 5.91 Å². The number of benzene rings is 1. The van der Waals surface area contributed by atoms with Crippen LogP contribution in [-0.2, 0) is 0 Å². The molecule has 2 rings (SSSR count). The molecule has 0 spiro atoms. The lowest BCUT2D eigenvalue weighted by Crippen LogP contribution is -2.44. The number of carbonyl (C=O) groups is 1. The molecule has 0 aromatic heterocycles. The van der Waals surface area contributed by atoms with Crippen molar-refractivity contribution in [3.63, 3.8) is 0 Å². The van der Waals surface area contributed by atoms with E-state index in [9.17, 15) is 4.79 Å². The number of ether oxygens (including phenoxy) is 2. The average Bonchev–Trinajstić information content (AvgIpc) is 2.83. The maximum atomic E-state index is 12.3. The molecule has 0 heterocycles. The zero-order valence-electron chi connectivity index (χ0n) is 11.3. The average molecular weight is 264 g/mol. The summed E-state index contributed by atoms with van der Waals surface area (Å²) in [7, 11) is 3.07. The molecule has 0 radical (unpaired) electrons. The first-order valence-corrected chi connectivity index (χ1v) is 6.44. The van der Waals surface area contributed by atoms with E-state index in [-0.39, 0.29) is 18.0 Å². The molecule has 1 fully saturated rings. The molecule has 1 aliphatic rings. The second-order valence-corrected chi connectivity index (χ2v) is 4.72. The van der Waals surface area contributed by atoms with Crippen LogP contribution in [0.2, 0.25) is 0 Å². The van der Waals surface area contributed by atoms with Crippen molar-refractivity contribution in [2.24, 2.45) is 5.73 Å². The van der Waals surface area contributed by atoms with E-state index >= 15 is 0 Å². The summed E-state index contributed by atoms with van der Waals surface area (Å²) < 4.78 is 10.5. The fourth-order valence-corrected chi connectivity index (χ4v) is 2.48. The lowest BCUT2D eigenvalue weighted by Gasteiger charge is -2.18. The fraction of sp³-hybridized carbons (Fsp3) is 0.500. The molecule has 5 nitrogen and oxygen atoms in total. The number of methoxy groups -OCH3 is 2. The van der Waals surface area contributed by atoms with Gasteiger partial charge < -0.3 is 20.5 Å². The maximum absolute atomic E-state index is 12.3. The summed E-state index contributed by atoms with van der Waals surface area (Å²) in [6.07, 6.45) is 2.95. The Morgan fingerprint density at radius 2 is 2.11 bits per heavy atom. The van der Waals surface area contributed by atoms with Crippen LogP contribution < -0.4 is 20.5 Å². The third-order valence-corrected chi connectivity index (χ3v) is 3.53. The molecule has 0 aliphatic heterocycles. The van der Waals surface area contributed by atoms with Crippen LogP contribution in [-0.4, -0.2) is 32.2 Å². The highest BCUT2D eigenvalue weighted by Crippen LogP contribution is 2.31. The lowest BCUT2D eigenvalue weighted by atomic mass is 10.1. The van der Waals surface area contributed by atoms with Gasteiger partial charge in [-0.3, -0.25) is 4.79 Å². The van der Waals surface area contributed by atoms with Crippen molar-refractivity contribution in [3.8, 4) is 11.5 Å². The van der Waals surface area contributed by atoms with Crippen LogP contribution in [0.4, 0.5) is 0 Å².